The van der Waals surface area contributed by atoms with E-state index in [1.165, 1.54) is 18.5 Å². The van der Waals surface area contributed by atoms with Crippen LogP contribution in [0.4, 0.5) is 5.82 Å². The molecule has 112 valence electrons. The molecule has 0 amide bonds. The van der Waals surface area contributed by atoms with E-state index in [1.807, 2.05) is 24.4 Å². The molecule has 3 heterocycles. The first kappa shape index (κ1) is 13.6. The van der Waals surface area contributed by atoms with Crippen LogP contribution in [0.5, 0.6) is 0 Å². The number of nitrogens with one attached hydrogen (secondary N) is 1. The monoisotopic (exact) mass is 312 g/mol. The van der Waals surface area contributed by atoms with Gasteiger partial charge in [0.1, 0.15) is 5.82 Å². The highest BCUT2D eigenvalue weighted by Gasteiger charge is 2.23. The second kappa shape index (κ2) is 5.61. The van der Waals surface area contributed by atoms with Gasteiger partial charge in [0, 0.05) is 41.3 Å². The van der Waals surface area contributed by atoms with Crippen LogP contribution in [0.1, 0.15) is 24.5 Å². The number of nitrogens with zero attached hydrogens (tertiary/aromatic N) is 3. The standard InChI is InChI=1S/C17H17ClN4/c18-14-4-5-15-12(10-14)3-6-17(20-15)22-9-1-2-13(11-22)16-7-8-19-21-16/h3-8,10,13H,1-2,9,11H2,(H,19,21)/t13-/m1/s1. The Morgan fingerprint density at radius 1 is 1.18 bits per heavy atom. The van der Waals surface area contributed by atoms with Gasteiger partial charge < -0.3 is 4.90 Å². The number of pyridine rings is 1. The summed E-state index contributed by atoms with van der Waals surface area (Å²) in [6, 6.07) is 12.1. The Morgan fingerprint density at radius 2 is 2.14 bits per heavy atom. The molecule has 0 spiro atoms. The van der Waals surface area contributed by atoms with Crippen molar-refractivity contribution in [1.82, 2.24) is 15.2 Å². The minimum absolute atomic E-state index is 0.499. The van der Waals surface area contributed by atoms with E-state index in [1.54, 1.807) is 0 Å². The van der Waals surface area contributed by atoms with Crippen LogP contribution >= 0.6 is 11.6 Å². The van der Waals surface area contributed by atoms with Gasteiger partial charge in [0.25, 0.3) is 0 Å². The number of anilines is 1. The van der Waals surface area contributed by atoms with Gasteiger partial charge in [0.15, 0.2) is 0 Å². The third kappa shape index (κ3) is 2.55. The van der Waals surface area contributed by atoms with E-state index in [2.05, 4.69) is 33.3 Å². The van der Waals surface area contributed by atoms with Gasteiger partial charge in [0.05, 0.1) is 5.52 Å². The smallest absolute Gasteiger partial charge is 0.129 e. The molecule has 1 aliphatic rings. The molecule has 1 N–H and O–H groups in total. The summed E-state index contributed by atoms with van der Waals surface area (Å²) >= 11 is 6.04. The number of H-pyrrole nitrogens is 1. The van der Waals surface area contributed by atoms with Crippen LogP contribution in [0.3, 0.4) is 0 Å². The predicted octanol–water partition coefficient (Wildman–Crippen LogP) is 4.00. The van der Waals surface area contributed by atoms with E-state index in [4.69, 9.17) is 16.6 Å². The molecule has 3 aromatic rings. The number of aromatic amines is 1. The van der Waals surface area contributed by atoms with Crippen molar-refractivity contribution in [1.29, 1.82) is 0 Å². The average Bonchev–Trinajstić information content (AvgIpc) is 3.09. The quantitative estimate of drug-likeness (QED) is 0.778. The molecular weight excluding hydrogens is 296 g/mol. The number of piperidine rings is 1. The molecule has 1 aromatic carbocycles. The van der Waals surface area contributed by atoms with Crippen molar-refractivity contribution < 1.29 is 0 Å². The van der Waals surface area contributed by atoms with E-state index in [0.717, 1.165) is 34.8 Å². The number of aromatic nitrogens is 3. The van der Waals surface area contributed by atoms with Gasteiger partial charge in [-0.05, 0) is 49.2 Å². The Kier molecular flexibility index (Phi) is 3.47. The Balaban J connectivity index is 1.62. The molecule has 1 saturated heterocycles. The highest BCUT2D eigenvalue weighted by atomic mass is 35.5. The number of hydrogen-bond donors (Lipinski definition) is 1. The fourth-order valence-electron chi connectivity index (χ4n) is 3.19. The Bertz CT molecular complexity index is 784. The topological polar surface area (TPSA) is 44.8 Å². The van der Waals surface area contributed by atoms with Gasteiger partial charge in [-0.25, -0.2) is 4.98 Å². The lowest BCUT2D eigenvalue weighted by molar-refractivity contribution is 0.498. The summed E-state index contributed by atoms with van der Waals surface area (Å²) in [7, 11) is 0. The highest BCUT2D eigenvalue weighted by Crippen LogP contribution is 2.29. The summed E-state index contributed by atoms with van der Waals surface area (Å²) in [6.45, 7) is 2.03. The van der Waals surface area contributed by atoms with Crippen LogP contribution in [-0.2, 0) is 0 Å². The van der Waals surface area contributed by atoms with Crippen molar-refractivity contribution in [3.63, 3.8) is 0 Å². The van der Waals surface area contributed by atoms with Crippen LogP contribution in [0, 0.1) is 0 Å². The molecular formula is C17H17ClN4. The Morgan fingerprint density at radius 3 is 3.00 bits per heavy atom. The minimum atomic E-state index is 0.499. The van der Waals surface area contributed by atoms with Crippen molar-refractivity contribution in [3.8, 4) is 0 Å². The van der Waals surface area contributed by atoms with E-state index < -0.39 is 0 Å². The number of halogens is 1. The first-order chi connectivity index (χ1) is 10.8. The zero-order valence-corrected chi connectivity index (χ0v) is 12.9. The van der Waals surface area contributed by atoms with Crippen LogP contribution < -0.4 is 4.90 Å². The summed E-state index contributed by atoms with van der Waals surface area (Å²) in [6.07, 6.45) is 4.19. The summed E-state index contributed by atoms with van der Waals surface area (Å²) in [5.41, 5.74) is 2.21. The molecule has 4 rings (SSSR count). The molecule has 0 radical (unpaired) electrons. The van der Waals surface area contributed by atoms with Crippen molar-refractivity contribution >= 4 is 28.3 Å². The number of hydrogen-bond acceptors (Lipinski definition) is 3. The molecule has 1 atom stereocenters. The largest absolute Gasteiger partial charge is 0.356 e. The molecule has 0 aliphatic carbocycles. The van der Waals surface area contributed by atoms with E-state index in [0.29, 0.717) is 5.92 Å². The Hall–Kier alpha value is -2.07. The minimum Gasteiger partial charge on any atom is -0.356 e. The van der Waals surface area contributed by atoms with Crippen LogP contribution in [0.2, 0.25) is 5.02 Å². The maximum absolute atomic E-state index is 6.04. The van der Waals surface area contributed by atoms with Gasteiger partial charge in [-0.2, -0.15) is 5.10 Å². The SMILES string of the molecule is Clc1ccc2nc(N3CCC[C@@H](c4ccn[nH]4)C3)ccc2c1. The lowest BCUT2D eigenvalue weighted by atomic mass is 9.95. The van der Waals surface area contributed by atoms with Crippen molar-refractivity contribution in [2.75, 3.05) is 18.0 Å². The van der Waals surface area contributed by atoms with Gasteiger partial charge in [-0.15, -0.1) is 0 Å². The fraction of sp³-hybridized carbons (Fsp3) is 0.294. The third-order valence-corrected chi connectivity index (χ3v) is 4.58. The van der Waals surface area contributed by atoms with Crippen molar-refractivity contribution in [2.45, 2.75) is 18.8 Å². The molecule has 1 fully saturated rings. The first-order valence-electron chi connectivity index (χ1n) is 7.60. The lowest BCUT2D eigenvalue weighted by Crippen LogP contribution is -2.35. The van der Waals surface area contributed by atoms with Crippen LogP contribution in [-0.4, -0.2) is 28.3 Å². The van der Waals surface area contributed by atoms with Crippen molar-refractivity contribution in [2.24, 2.45) is 0 Å². The normalized spacial score (nSPS) is 18.8. The maximum atomic E-state index is 6.04. The average molecular weight is 313 g/mol. The highest BCUT2D eigenvalue weighted by molar-refractivity contribution is 6.31. The summed E-state index contributed by atoms with van der Waals surface area (Å²) < 4.78 is 0. The van der Waals surface area contributed by atoms with Gasteiger partial charge in [-0.1, -0.05) is 11.6 Å². The van der Waals surface area contributed by atoms with Gasteiger partial charge >= 0.3 is 0 Å². The lowest BCUT2D eigenvalue weighted by Gasteiger charge is -2.33. The molecule has 1 aliphatic heterocycles. The maximum Gasteiger partial charge on any atom is 0.129 e. The zero-order valence-electron chi connectivity index (χ0n) is 12.2. The number of benzene rings is 1. The predicted molar refractivity (Wildman–Crippen MR) is 89.5 cm³/mol. The molecule has 4 nitrogen and oxygen atoms in total. The summed E-state index contributed by atoms with van der Waals surface area (Å²) in [4.78, 5) is 7.16. The van der Waals surface area contributed by atoms with E-state index >= 15 is 0 Å². The second-order valence-corrected chi connectivity index (χ2v) is 6.24. The molecule has 0 unspecified atom stereocenters. The number of rotatable bonds is 2. The molecule has 0 saturated carbocycles. The molecule has 22 heavy (non-hydrogen) atoms. The molecule has 5 heteroatoms. The number of fused-ring (bicyclic) bond motifs is 1. The van der Waals surface area contributed by atoms with Crippen molar-refractivity contribution in [3.05, 3.63) is 53.3 Å². The fourth-order valence-corrected chi connectivity index (χ4v) is 3.38. The first-order valence-corrected chi connectivity index (χ1v) is 7.98. The Labute approximate surface area is 134 Å². The summed E-state index contributed by atoms with van der Waals surface area (Å²) in [5.74, 6) is 1.54. The molecule has 0 bridgehead atoms. The van der Waals surface area contributed by atoms with Gasteiger partial charge in [-0.3, -0.25) is 5.10 Å². The van der Waals surface area contributed by atoms with Crippen LogP contribution in [0.25, 0.3) is 10.9 Å². The van der Waals surface area contributed by atoms with E-state index in [-0.39, 0.29) is 0 Å². The van der Waals surface area contributed by atoms with Gasteiger partial charge in [0.2, 0.25) is 0 Å². The summed E-state index contributed by atoms with van der Waals surface area (Å²) in [5, 5.41) is 9.01. The second-order valence-electron chi connectivity index (χ2n) is 5.80. The third-order valence-electron chi connectivity index (χ3n) is 4.34. The van der Waals surface area contributed by atoms with E-state index in [9.17, 15) is 0 Å². The zero-order chi connectivity index (χ0) is 14.9. The molecule has 2 aromatic heterocycles. The van der Waals surface area contributed by atoms with Crippen LogP contribution in [0.15, 0.2) is 42.6 Å².